The molecule has 0 amide bonds. The van der Waals surface area contributed by atoms with Crippen LogP contribution < -0.4 is 10.2 Å². The van der Waals surface area contributed by atoms with E-state index in [2.05, 4.69) is 28.3 Å². The third-order valence-electron chi connectivity index (χ3n) is 2.50. The Bertz CT molecular complexity index is 254. The van der Waals surface area contributed by atoms with Crippen LogP contribution in [0, 0.1) is 0 Å². The van der Waals surface area contributed by atoms with Crippen LogP contribution in [-0.4, -0.2) is 44.4 Å². The number of likely N-dealkylation sites (N-methyl/N-ethyl adjacent to an activating group) is 1. The molecular weight excluding hydrogens is 178 g/mol. The third-order valence-corrected chi connectivity index (χ3v) is 2.50. The van der Waals surface area contributed by atoms with Crippen LogP contribution in [0.4, 0.5) is 5.69 Å². The number of nitrogens with one attached hydrogen (secondary N) is 2. The summed E-state index contributed by atoms with van der Waals surface area (Å²) < 4.78 is 5.63. The molecule has 0 aromatic carbocycles. The lowest BCUT2D eigenvalue weighted by Gasteiger charge is -2.28. The molecule has 1 atom stereocenters. The summed E-state index contributed by atoms with van der Waals surface area (Å²) in [6.45, 7) is 3.69. The van der Waals surface area contributed by atoms with E-state index in [1.54, 1.807) is 0 Å². The summed E-state index contributed by atoms with van der Waals surface area (Å²) in [6, 6.07) is 2.07. The molecular formula is C10H17N3O. The Labute approximate surface area is 84.2 Å². The zero-order valence-electron chi connectivity index (χ0n) is 8.49. The number of nitrogens with zero attached hydrogens (tertiary/aromatic N) is 1. The van der Waals surface area contributed by atoms with Gasteiger partial charge in [-0.25, -0.2) is 0 Å². The number of aromatic nitrogens is 1. The highest BCUT2D eigenvalue weighted by Gasteiger charge is 2.15. The molecule has 0 aliphatic carbocycles. The van der Waals surface area contributed by atoms with Gasteiger partial charge in [0.05, 0.1) is 18.4 Å². The van der Waals surface area contributed by atoms with Crippen molar-refractivity contribution in [1.29, 1.82) is 0 Å². The number of ether oxygens (including phenoxy) is 1. The molecule has 0 radical (unpaired) electrons. The van der Waals surface area contributed by atoms with Crippen molar-refractivity contribution < 1.29 is 4.74 Å². The van der Waals surface area contributed by atoms with Crippen LogP contribution in [-0.2, 0) is 4.74 Å². The second kappa shape index (κ2) is 4.48. The molecule has 1 fully saturated rings. The van der Waals surface area contributed by atoms with Crippen molar-refractivity contribution in [3.63, 3.8) is 0 Å². The lowest BCUT2D eigenvalue weighted by atomic mass is 10.3. The molecule has 0 bridgehead atoms. The van der Waals surface area contributed by atoms with Gasteiger partial charge >= 0.3 is 0 Å². The Morgan fingerprint density at radius 1 is 1.64 bits per heavy atom. The molecule has 0 saturated carbocycles. The van der Waals surface area contributed by atoms with Crippen LogP contribution in [0.25, 0.3) is 0 Å². The zero-order valence-corrected chi connectivity index (χ0v) is 8.49. The van der Waals surface area contributed by atoms with Crippen molar-refractivity contribution in [2.75, 3.05) is 38.2 Å². The number of rotatable bonds is 3. The highest BCUT2D eigenvalue weighted by molar-refractivity contribution is 5.43. The first kappa shape index (κ1) is 9.55. The Hall–Kier alpha value is -1.00. The van der Waals surface area contributed by atoms with E-state index < -0.39 is 0 Å². The number of aromatic amines is 1. The van der Waals surface area contributed by atoms with E-state index in [1.165, 1.54) is 5.69 Å². The largest absolute Gasteiger partial charge is 0.374 e. The molecule has 2 heterocycles. The van der Waals surface area contributed by atoms with Gasteiger partial charge in [0.1, 0.15) is 0 Å². The van der Waals surface area contributed by atoms with Crippen LogP contribution in [0.5, 0.6) is 0 Å². The standard InChI is InChI=1S/C10H17N3O/c1-13(9-2-3-11-6-9)8-10-7-12-4-5-14-10/h2-3,6,10-12H,4-5,7-8H2,1H3. The van der Waals surface area contributed by atoms with Crippen LogP contribution in [0.2, 0.25) is 0 Å². The normalized spacial score (nSPS) is 22.2. The van der Waals surface area contributed by atoms with E-state index in [-0.39, 0.29) is 0 Å². The van der Waals surface area contributed by atoms with E-state index in [1.807, 2.05) is 12.4 Å². The maximum atomic E-state index is 5.63. The summed E-state index contributed by atoms with van der Waals surface area (Å²) in [6.07, 6.45) is 4.24. The molecule has 4 nitrogen and oxygen atoms in total. The second-order valence-corrected chi connectivity index (χ2v) is 3.65. The van der Waals surface area contributed by atoms with Crippen LogP contribution in [0.3, 0.4) is 0 Å². The topological polar surface area (TPSA) is 40.3 Å². The summed E-state index contributed by atoms with van der Waals surface area (Å²) in [5, 5.41) is 3.33. The molecule has 14 heavy (non-hydrogen) atoms. The number of H-pyrrole nitrogens is 1. The van der Waals surface area contributed by atoms with Gasteiger partial charge in [0, 0.05) is 39.1 Å². The molecule has 1 unspecified atom stereocenters. The molecule has 4 heteroatoms. The maximum Gasteiger partial charge on any atom is 0.0874 e. The number of morpholine rings is 1. The molecule has 1 aromatic heterocycles. The summed E-state index contributed by atoms with van der Waals surface area (Å²) >= 11 is 0. The van der Waals surface area contributed by atoms with Crippen molar-refractivity contribution in [1.82, 2.24) is 10.3 Å². The molecule has 1 saturated heterocycles. The van der Waals surface area contributed by atoms with E-state index in [0.717, 1.165) is 26.2 Å². The Kier molecular flexibility index (Phi) is 3.06. The first-order valence-electron chi connectivity index (χ1n) is 5.02. The summed E-state index contributed by atoms with van der Waals surface area (Å²) in [5.74, 6) is 0. The van der Waals surface area contributed by atoms with Crippen molar-refractivity contribution >= 4 is 5.69 Å². The SMILES string of the molecule is CN(CC1CNCCO1)c1cc[nH]c1. The highest BCUT2D eigenvalue weighted by atomic mass is 16.5. The smallest absolute Gasteiger partial charge is 0.0874 e. The fourth-order valence-corrected chi connectivity index (χ4v) is 1.70. The van der Waals surface area contributed by atoms with Gasteiger partial charge in [0.25, 0.3) is 0 Å². The number of hydrogen-bond donors (Lipinski definition) is 2. The van der Waals surface area contributed by atoms with Gasteiger partial charge in [-0.2, -0.15) is 0 Å². The maximum absolute atomic E-state index is 5.63. The Morgan fingerprint density at radius 2 is 2.57 bits per heavy atom. The van der Waals surface area contributed by atoms with E-state index >= 15 is 0 Å². The van der Waals surface area contributed by atoms with Gasteiger partial charge in [0.15, 0.2) is 0 Å². The van der Waals surface area contributed by atoms with E-state index in [9.17, 15) is 0 Å². The quantitative estimate of drug-likeness (QED) is 0.735. The number of hydrogen-bond acceptors (Lipinski definition) is 3. The summed E-state index contributed by atoms with van der Waals surface area (Å²) in [4.78, 5) is 5.25. The van der Waals surface area contributed by atoms with Gasteiger partial charge in [-0.15, -0.1) is 0 Å². The fourth-order valence-electron chi connectivity index (χ4n) is 1.70. The zero-order chi connectivity index (χ0) is 9.80. The molecule has 1 aliphatic rings. The van der Waals surface area contributed by atoms with Crippen LogP contribution in [0.15, 0.2) is 18.5 Å². The predicted octanol–water partition coefficient (Wildman–Crippen LogP) is 0.439. The third kappa shape index (κ3) is 2.27. The van der Waals surface area contributed by atoms with Crippen LogP contribution in [0.1, 0.15) is 0 Å². The minimum Gasteiger partial charge on any atom is -0.374 e. The van der Waals surface area contributed by atoms with Crippen molar-refractivity contribution in [2.45, 2.75) is 6.10 Å². The predicted molar refractivity (Wildman–Crippen MR) is 56.7 cm³/mol. The van der Waals surface area contributed by atoms with Crippen LogP contribution >= 0.6 is 0 Å². The summed E-state index contributed by atoms with van der Waals surface area (Å²) in [7, 11) is 2.08. The molecule has 78 valence electrons. The fraction of sp³-hybridized carbons (Fsp3) is 0.600. The number of anilines is 1. The average Bonchev–Trinajstić information content (AvgIpc) is 2.72. The minimum absolute atomic E-state index is 0.309. The molecule has 2 N–H and O–H groups in total. The van der Waals surface area contributed by atoms with Gasteiger partial charge in [-0.1, -0.05) is 0 Å². The Balaban J connectivity index is 1.84. The van der Waals surface area contributed by atoms with Crippen molar-refractivity contribution in [3.8, 4) is 0 Å². The molecule has 1 aromatic rings. The lowest BCUT2D eigenvalue weighted by Crippen LogP contribution is -2.44. The Morgan fingerprint density at radius 3 is 3.21 bits per heavy atom. The van der Waals surface area contributed by atoms with E-state index in [0.29, 0.717) is 6.10 Å². The second-order valence-electron chi connectivity index (χ2n) is 3.65. The minimum atomic E-state index is 0.309. The van der Waals surface area contributed by atoms with Gasteiger partial charge < -0.3 is 19.9 Å². The van der Waals surface area contributed by atoms with Gasteiger partial charge in [-0.3, -0.25) is 0 Å². The average molecular weight is 195 g/mol. The lowest BCUT2D eigenvalue weighted by molar-refractivity contribution is 0.0340. The molecule has 0 spiro atoms. The van der Waals surface area contributed by atoms with E-state index in [4.69, 9.17) is 4.74 Å². The van der Waals surface area contributed by atoms with Gasteiger partial charge in [0.2, 0.25) is 0 Å². The summed E-state index contributed by atoms with van der Waals surface area (Å²) in [5.41, 5.74) is 1.21. The first-order valence-corrected chi connectivity index (χ1v) is 5.02. The monoisotopic (exact) mass is 195 g/mol. The van der Waals surface area contributed by atoms with Gasteiger partial charge in [-0.05, 0) is 6.07 Å². The highest BCUT2D eigenvalue weighted by Crippen LogP contribution is 2.11. The van der Waals surface area contributed by atoms with Crippen molar-refractivity contribution in [2.24, 2.45) is 0 Å². The van der Waals surface area contributed by atoms with Crippen molar-refractivity contribution in [3.05, 3.63) is 18.5 Å². The first-order chi connectivity index (χ1) is 6.86. The molecule has 1 aliphatic heterocycles. The molecule has 2 rings (SSSR count).